The van der Waals surface area contributed by atoms with Crippen LogP contribution in [0.1, 0.15) is 13.3 Å². The van der Waals surface area contributed by atoms with Gasteiger partial charge in [-0.05, 0) is 18.6 Å². The van der Waals surface area contributed by atoms with Gasteiger partial charge in [-0.3, -0.25) is 10.0 Å². The largest absolute Gasteiger partial charge is 0.296 e. The summed E-state index contributed by atoms with van der Waals surface area (Å²) >= 11 is 0. The van der Waals surface area contributed by atoms with Crippen molar-refractivity contribution >= 4 is 5.69 Å². The predicted octanol–water partition coefficient (Wildman–Crippen LogP) is 2.89. The topological polar surface area (TPSA) is 6.48 Å². The molecule has 0 atom stereocenters. The Labute approximate surface area is 86.4 Å². The second kappa shape index (κ2) is 5.32. The van der Waals surface area contributed by atoms with Gasteiger partial charge in [0.25, 0.3) is 0 Å². The van der Waals surface area contributed by atoms with E-state index in [1.807, 2.05) is 25.2 Å². The molecule has 2 heteroatoms. The minimum absolute atomic E-state index is 1.06. The van der Waals surface area contributed by atoms with E-state index < -0.39 is 0 Å². The maximum Gasteiger partial charge on any atom is 0.0570 e. The summed E-state index contributed by atoms with van der Waals surface area (Å²) in [5.41, 5.74) is 1.19. The molecule has 1 rings (SSSR count). The minimum Gasteiger partial charge on any atom is -0.296 e. The fraction of sp³-hybridized carbons (Fsp3) is 0.333. The minimum atomic E-state index is 1.06. The van der Waals surface area contributed by atoms with E-state index in [1.165, 1.54) is 5.69 Å². The molecule has 1 aromatic carbocycles. The molecule has 0 bridgehead atoms. The Kier molecular flexibility index (Phi) is 4.05. The fourth-order valence-electron chi connectivity index (χ4n) is 1.18. The SMILES string of the molecule is CCC=CN(C)N(C)c1ccccc1. The van der Waals surface area contributed by atoms with Gasteiger partial charge in [0.05, 0.1) is 5.69 Å². The van der Waals surface area contributed by atoms with Crippen molar-refractivity contribution in [2.24, 2.45) is 0 Å². The van der Waals surface area contributed by atoms with Crippen LogP contribution in [-0.4, -0.2) is 19.1 Å². The number of rotatable bonds is 4. The van der Waals surface area contributed by atoms with Gasteiger partial charge in [0.2, 0.25) is 0 Å². The molecule has 76 valence electrons. The van der Waals surface area contributed by atoms with Crippen LogP contribution in [0.3, 0.4) is 0 Å². The Morgan fingerprint density at radius 3 is 2.36 bits per heavy atom. The van der Waals surface area contributed by atoms with Gasteiger partial charge >= 0.3 is 0 Å². The molecule has 0 amide bonds. The monoisotopic (exact) mass is 190 g/mol. The Morgan fingerprint density at radius 2 is 1.79 bits per heavy atom. The van der Waals surface area contributed by atoms with E-state index in [1.54, 1.807) is 0 Å². The molecule has 0 N–H and O–H groups in total. The molecule has 1 aromatic rings. The van der Waals surface area contributed by atoms with Crippen LogP contribution >= 0.6 is 0 Å². The first kappa shape index (κ1) is 10.6. The first-order chi connectivity index (χ1) is 6.75. The Bertz CT molecular complexity index is 280. The number of benzene rings is 1. The van der Waals surface area contributed by atoms with Crippen molar-refractivity contribution in [3.05, 3.63) is 42.6 Å². The average molecular weight is 190 g/mol. The summed E-state index contributed by atoms with van der Waals surface area (Å²) in [6.45, 7) is 2.13. The summed E-state index contributed by atoms with van der Waals surface area (Å²) in [6, 6.07) is 10.3. The fourth-order valence-corrected chi connectivity index (χ4v) is 1.18. The lowest BCUT2D eigenvalue weighted by atomic mass is 10.3. The number of hydrogen-bond acceptors (Lipinski definition) is 2. The number of para-hydroxylation sites is 1. The molecule has 0 saturated heterocycles. The van der Waals surface area contributed by atoms with Gasteiger partial charge in [0.1, 0.15) is 0 Å². The van der Waals surface area contributed by atoms with Gasteiger partial charge in [-0.2, -0.15) is 0 Å². The Morgan fingerprint density at radius 1 is 1.14 bits per heavy atom. The molecule has 0 aliphatic carbocycles. The highest BCUT2D eigenvalue weighted by molar-refractivity contribution is 5.44. The molecular weight excluding hydrogens is 172 g/mol. The maximum absolute atomic E-state index is 2.14. The van der Waals surface area contributed by atoms with Crippen LogP contribution in [-0.2, 0) is 0 Å². The highest BCUT2D eigenvalue weighted by Crippen LogP contribution is 2.12. The predicted molar refractivity (Wildman–Crippen MR) is 62.0 cm³/mol. The average Bonchev–Trinajstić information content (AvgIpc) is 2.26. The molecule has 14 heavy (non-hydrogen) atoms. The van der Waals surface area contributed by atoms with Crippen molar-refractivity contribution in [3.63, 3.8) is 0 Å². The van der Waals surface area contributed by atoms with Crippen LogP contribution in [0.2, 0.25) is 0 Å². The van der Waals surface area contributed by atoms with E-state index in [4.69, 9.17) is 0 Å². The summed E-state index contributed by atoms with van der Waals surface area (Å²) in [7, 11) is 4.09. The van der Waals surface area contributed by atoms with Gasteiger partial charge < -0.3 is 0 Å². The van der Waals surface area contributed by atoms with Crippen LogP contribution in [0.4, 0.5) is 5.69 Å². The lowest BCUT2D eigenvalue weighted by Crippen LogP contribution is -2.31. The van der Waals surface area contributed by atoms with Crippen LogP contribution in [0.15, 0.2) is 42.6 Å². The van der Waals surface area contributed by atoms with Crippen molar-refractivity contribution in [1.29, 1.82) is 0 Å². The summed E-state index contributed by atoms with van der Waals surface area (Å²) in [5, 5.41) is 4.17. The number of nitrogens with zero attached hydrogens (tertiary/aromatic N) is 2. The molecule has 0 aliphatic rings. The maximum atomic E-state index is 2.14. The van der Waals surface area contributed by atoms with Crippen molar-refractivity contribution < 1.29 is 0 Å². The molecule has 0 aliphatic heterocycles. The van der Waals surface area contributed by atoms with Crippen LogP contribution in [0.25, 0.3) is 0 Å². The van der Waals surface area contributed by atoms with Crippen molar-refractivity contribution in [3.8, 4) is 0 Å². The standard InChI is InChI=1S/C12H18N2/c1-4-5-11-13(2)14(3)12-9-7-6-8-10-12/h5-11H,4H2,1-3H3. The van der Waals surface area contributed by atoms with E-state index in [-0.39, 0.29) is 0 Å². The van der Waals surface area contributed by atoms with Gasteiger partial charge in [-0.15, -0.1) is 0 Å². The molecular formula is C12H18N2. The second-order valence-corrected chi connectivity index (χ2v) is 3.23. The van der Waals surface area contributed by atoms with E-state index in [0.29, 0.717) is 0 Å². The van der Waals surface area contributed by atoms with E-state index in [2.05, 4.69) is 48.4 Å². The lowest BCUT2D eigenvalue weighted by molar-refractivity contribution is 0.443. The third kappa shape index (κ3) is 2.80. The third-order valence-electron chi connectivity index (χ3n) is 2.16. The first-order valence-corrected chi connectivity index (χ1v) is 4.94. The first-order valence-electron chi connectivity index (χ1n) is 4.94. The summed E-state index contributed by atoms with van der Waals surface area (Å²) < 4.78 is 0. The quantitative estimate of drug-likeness (QED) is 0.674. The van der Waals surface area contributed by atoms with Crippen molar-refractivity contribution in [1.82, 2.24) is 5.01 Å². The van der Waals surface area contributed by atoms with E-state index in [0.717, 1.165) is 6.42 Å². The van der Waals surface area contributed by atoms with Gasteiger partial charge in [0.15, 0.2) is 0 Å². The lowest BCUT2D eigenvalue weighted by Gasteiger charge is -2.28. The molecule has 0 fully saturated rings. The summed E-state index contributed by atoms with van der Waals surface area (Å²) in [5.74, 6) is 0. The molecule has 0 saturated carbocycles. The molecule has 0 aromatic heterocycles. The van der Waals surface area contributed by atoms with Crippen LogP contribution in [0, 0.1) is 0 Å². The second-order valence-electron chi connectivity index (χ2n) is 3.23. The van der Waals surface area contributed by atoms with E-state index in [9.17, 15) is 0 Å². The van der Waals surface area contributed by atoms with Gasteiger partial charge in [-0.1, -0.05) is 31.2 Å². The smallest absolute Gasteiger partial charge is 0.0570 e. The molecule has 0 radical (unpaired) electrons. The van der Waals surface area contributed by atoms with Gasteiger partial charge in [-0.25, -0.2) is 0 Å². The van der Waals surface area contributed by atoms with Crippen LogP contribution in [0.5, 0.6) is 0 Å². The Hall–Kier alpha value is -1.44. The number of hydrazine groups is 1. The highest BCUT2D eigenvalue weighted by Gasteiger charge is 2.00. The van der Waals surface area contributed by atoms with Crippen LogP contribution < -0.4 is 5.01 Å². The van der Waals surface area contributed by atoms with E-state index >= 15 is 0 Å². The molecule has 0 unspecified atom stereocenters. The number of allylic oxidation sites excluding steroid dienone is 1. The summed E-state index contributed by atoms with van der Waals surface area (Å²) in [6.07, 6.45) is 5.28. The molecule has 0 heterocycles. The molecule has 0 spiro atoms. The summed E-state index contributed by atoms with van der Waals surface area (Å²) in [4.78, 5) is 0. The highest BCUT2D eigenvalue weighted by atomic mass is 15.6. The number of anilines is 1. The van der Waals surface area contributed by atoms with Crippen molar-refractivity contribution in [2.45, 2.75) is 13.3 Å². The zero-order chi connectivity index (χ0) is 10.4. The van der Waals surface area contributed by atoms with Gasteiger partial charge in [0, 0.05) is 20.3 Å². The zero-order valence-corrected chi connectivity index (χ0v) is 9.14. The Balaban J connectivity index is 2.65. The third-order valence-corrected chi connectivity index (χ3v) is 2.16. The number of hydrogen-bond donors (Lipinski definition) is 0. The normalized spacial score (nSPS) is 10.5. The van der Waals surface area contributed by atoms with Crippen molar-refractivity contribution in [2.75, 3.05) is 19.1 Å². The zero-order valence-electron chi connectivity index (χ0n) is 9.14. The molecule has 2 nitrogen and oxygen atoms in total.